The van der Waals surface area contributed by atoms with Gasteiger partial charge in [0.1, 0.15) is 17.1 Å². The quantitative estimate of drug-likeness (QED) is 0.784. The summed E-state index contributed by atoms with van der Waals surface area (Å²) in [7, 11) is 0. The number of phenols is 1. The molecule has 0 saturated carbocycles. The summed E-state index contributed by atoms with van der Waals surface area (Å²) in [6.07, 6.45) is 1.96. The van der Waals surface area contributed by atoms with Crippen LogP contribution >= 0.6 is 15.9 Å². The molecule has 0 radical (unpaired) electrons. The summed E-state index contributed by atoms with van der Waals surface area (Å²) in [5, 5.41) is 9.97. The Hall–Kier alpha value is -0.700. The second-order valence-electron chi connectivity index (χ2n) is 5.08. The fraction of sp³-hybridized carbons (Fsp3) is 0.538. The van der Waals surface area contributed by atoms with Crippen LogP contribution < -0.4 is 4.74 Å². The molecule has 1 aromatic carbocycles. The summed E-state index contributed by atoms with van der Waals surface area (Å²) in [5.74, 6) is 1.29. The Kier molecular flexibility index (Phi) is 2.69. The van der Waals surface area contributed by atoms with Crippen LogP contribution in [0.4, 0.5) is 0 Å². The van der Waals surface area contributed by atoms with Gasteiger partial charge in [0, 0.05) is 11.1 Å². The highest BCUT2D eigenvalue weighted by atomic mass is 79.9. The van der Waals surface area contributed by atoms with Crippen LogP contribution in [0, 0.1) is 13.8 Å². The molecule has 0 aromatic heterocycles. The minimum absolute atomic E-state index is 0.111. The third-order valence-corrected chi connectivity index (χ3v) is 4.29. The van der Waals surface area contributed by atoms with E-state index in [4.69, 9.17) is 4.74 Å². The number of fused-ring (bicyclic) bond motifs is 1. The van der Waals surface area contributed by atoms with E-state index in [9.17, 15) is 5.11 Å². The van der Waals surface area contributed by atoms with Crippen molar-refractivity contribution >= 4 is 15.9 Å². The molecule has 1 aliphatic rings. The largest absolute Gasteiger partial charge is 0.506 e. The fourth-order valence-corrected chi connectivity index (χ4v) is 2.65. The highest BCUT2D eigenvalue weighted by Gasteiger charge is 2.30. The van der Waals surface area contributed by atoms with Crippen LogP contribution in [0.15, 0.2) is 4.47 Å². The number of aromatic hydroxyl groups is 1. The first-order valence-electron chi connectivity index (χ1n) is 5.53. The molecule has 1 aliphatic heterocycles. The monoisotopic (exact) mass is 284 g/mol. The van der Waals surface area contributed by atoms with E-state index < -0.39 is 0 Å². The number of hydrogen-bond acceptors (Lipinski definition) is 2. The van der Waals surface area contributed by atoms with E-state index in [1.54, 1.807) is 0 Å². The van der Waals surface area contributed by atoms with Gasteiger partial charge in [-0.05, 0) is 62.0 Å². The van der Waals surface area contributed by atoms with Crippen LogP contribution in [0.3, 0.4) is 0 Å². The first kappa shape index (κ1) is 11.8. The van der Waals surface area contributed by atoms with Gasteiger partial charge in [0.2, 0.25) is 0 Å². The zero-order valence-electron chi connectivity index (χ0n) is 10.1. The van der Waals surface area contributed by atoms with Crippen molar-refractivity contribution < 1.29 is 9.84 Å². The number of halogens is 1. The highest BCUT2D eigenvalue weighted by molar-refractivity contribution is 9.10. The SMILES string of the molecule is Cc1c(O)c(Br)c(C)c2c1CCC(C)(C)O2. The maximum atomic E-state index is 9.97. The summed E-state index contributed by atoms with van der Waals surface area (Å²) < 4.78 is 6.78. The van der Waals surface area contributed by atoms with Gasteiger partial charge in [0.15, 0.2) is 0 Å². The molecule has 1 N–H and O–H groups in total. The predicted molar refractivity (Wildman–Crippen MR) is 68.3 cm³/mol. The molecule has 0 aliphatic carbocycles. The number of ether oxygens (including phenoxy) is 1. The molecule has 2 nitrogen and oxygen atoms in total. The molecule has 0 atom stereocenters. The summed E-state index contributed by atoms with van der Waals surface area (Å²) in [4.78, 5) is 0. The molecule has 3 heteroatoms. The zero-order chi connectivity index (χ0) is 12.1. The minimum Gasteiger partial charge on any atom is -0.506 e. The lowest BCUT2D eigenvalue weighted by Crippen LogP contribution is -2.33. The van der Waals surface area contributed by atoms with Gasteiger partial charge in [-0.2, -0.15) is 0 Å². The molecule has 88 valence electrons. The van der Waals surface area contributed by atoms with E-state index >= 15 is 0 Å². The number of phenolic OH excluding ortho intramolecular Hbond substituents is 1. The van der Waals surface area contributed by atoms with Crippen LogP contribution in [-0.2, 0) is 6.42 Å². The van der Waals surface area contributed by atoms with Crippen LogP contribution in [0.25, 0.3) is 0 Å². The Morgan fingerprint density at radius 1 is 1.25 bits per heavy atom. The second kappa shape index (κ2) is 3.66. The van der Waals surface area contributed by atoms with Crippen LogP contribution in [0.5, 0.6) is 11.5 Å². The lowest BCUT2D eigenvalue weighted by molar-refractivity contribution is 0.0831. The fourth-order valence-electron chi connectivity index (χ4n) is 2.17. The number of rotatable bonds is 0. The minimum atomic E-state index is -0.111. The maximum Gasteiger partial charge on any atom is 0.133 e. The molecule has 16 heavy (non-hydrogen) atoms. The van der Waals surface area contributed by atoms with Crippen molar-refractivity contribution in [1.29, 1.82) is 0 Å². The summed E-state index contributed by atoms with van der Waals surface area (Å²) in [5.41, 5.74) is 2.96. The van der Waals surface area contributed by atoms with Gasteiger partial charge in [-0.25, -0.2) is 0 Å². The Balaban J connectivity index is 2.65. The third-order valence-electron chi connectivity index (χ3n) is 3.32. The van der Waals surface area contributed by atoms with Gasteiger partial charge in [-0.3, -0.25) is 0 Å². The Bertz CT molecular complexity index is 450. The highest BCUT2D eigenvalue weighted by Crippen LogP contribution is 2.45. The van der Waals surface area contributed by atoms with E-state index in [1.165, 1.54) is 0 Å². The molecule has 0 spiro atoms. The Morgan fingerprint density at radius 3 is 2.50 bits per heavy atom. The van der Waals surface area contributed by atoms with Crippen LogP contribution in [0.2, 0.25) is 0 Å². The molecule has 0 saturated heterocycles. The average Bonchev–Trinajstić information content (AvgIpc) is 2.22. The molecular formula is C13H17BrO2. The number of hydrogen-bond donors (Lipinski definition) is 1. The predicted octanol–water partition coefficient (Wildman–Crippen LogP) is 3.88. The van der Waals surface area contributed by atoms with Crippen molar-refractivity contribution in [2.45, 2.75) is 46.1 Å². The van der Waals surface area contributed by atoms with E-state index in [2.05, 4.69) is 29.8 Å². The smallest absolute Gasteiger partial charge is 0.133 e. The second-order valence-corrected chi connectivity index (χ2v) is 5.88. The zero-order valence-corrected chi connectivity index (χ0v) is 11.7. The summed E-state index contributed by atoms with van der Waals surface area (Å²) in [6, 6.07) is 0. The van der Waals surface area contributed by atoms with Crippen molar-refractivity contribution in [3.05, 3.63) is 21.2 Å². The van der Waals surface area contributed by atoms with Crippen LogP contribution in [0.1, 0.15) is 37.0 Å². The Labute approximate surface area is 105 Å². The molecule has 0 unspecified atom stereocenters. The summed E-state index contributed by atoms with van der Waals surface area (Å²) in [6.45, 7) is 8.13. The standard InChI is InChI=1S/C13H17BrO2/c1-7-9-5-6-13(3,4)16-12(9)8(2)10(14)11(7)15/h15H,5-6H2,1-4H3. The maximum absolute atomic E-state index is 9.97. The van der Waals surface area contributed by atoms with E-state index in [0.29, 0.717) is 5.75 Å². The lowest BCUT2D eigenvalue weighted by atomic mass is 9.90. The van der Waals surface area contributed by atoms with Gasteiger partial charge < -0.3 is 9.84 Å². The van der Waals surface area contributed by atoms with Crippen molar-refractivity contribution in [1.82, 2.24) is 0 Å². The van der Waals surface area contributed by atoms with Gasteiger partial charge in [0.05, 0.1) is 4.47 Å². The number of benzene rings is 1. The summed E-state index contributed by atoms with van der Waals surface area (Å²) >= 11 is 3.42. The molecule has 0 amide bonds. The normalized spacial score (nSPS) is 17.8. The topological polar surface area (TPSA) is 29.5 Å². The van der Waals surface area contributed by atoms with Crippen molar-refractivity contribution in [2.75, 3.05) is 0 Å². The lowest BCUT2D eigenvalue weighted by Gasteiger charge is -2.35. The Morgan fingerprint density at radius 2 is 1.88 bits per heavy atom. The van der Waals surface area contributed by atoms with Gasteiger partial charge in [0.25, 0.3) is 0 Å². The van der Waals surface area contributed by atoms with Crippen molar-refractivity contribution in [3.63, 3.8) is 0 Å². The first-order chi connectivity index (χ1) is 7.33. The van der Waals surface area contributed by atoms with Gasteiger partial charge >= 0.3 is 0 Å². The van der Waals surface area contributed by atoms with E-state index in [1.807, 2.05) is 13.8 Å². The molecule has 2 rings (SSSR count). The van der Waals surface area contributed by atoms with Crippen LogP contribution in [-0.4, -0.2) is 10.7 Å². The molecule has 0 fully saturated rings. The van der Waals surface area contributed by atoms with Gasteiger partial charge in [-0.15, -0.1) is 0 Å². The average molecular weight is 285 g/mol. The van der Waals surface area contributed by atoms with Crippen molar-refractivity contribution in [2.24, 2.45) is 0 Å². The van der Waals surface area contributed by atoms with Crippen molar-refractivity contribution in [3.8, 4) is 11.5 Å². The molecular weight excluding hydrogens is 268 g/mol. The molecule has 1 heterocycles. The molecule has 0 bridgehead atoms. The first-order valence-corrected chi connectivity index (χ1v) is 6.32. The molecule has 1 aromatic rings. The van der Waals surface area contributed by atoms with E-state index in [0.717, 1.165) is 39.8 Å². The van der Waals surface area contributed by atoms with E-state index in [-0.39, 0.29) is 5.60 Å². The third kappa shape index (κ3) is 1.71. The van der Waals surface area contributed by atoms with Gasteiger partial charge in [-0.1, -0.05) is 0 Å².